The summed E-state index contributed by atoms with van der Waals surface area (Å²) in [7, 11) is 0. The fraction of sp³-hybridized carbons (Fsp3) is 0.455. The maximum atomic E-state index is 13.4. The molecule has 0 saturated heterocycles. The van der Waals surface area contributed by atoms with Crippen LogP contribution in [0.15, 0.2) is 12.1 Å². The minimum atomic E-state index is -0.278. The number of halogens is 1. The van der Waals surface area contributed by atoms with Gasteiger partial charge in [-0.05, 0) is 24.5 Å². The number of hydrogen-bond donors (Lipinski definition) is 1. The number of fused-ring (bicyclic) bond motifs is 1. The minimum Gasteiger partial charge on any atom is -0.493 e. The summed E-state index contributed by atoms with van der Waals surface area (Å²) in [5.41, 5.74) is 1.57. The molecule has 0 spiro atoms. The van der Waals surface area contributed by atoms with Crippen molar-refractivity contribution in [1.29, 1.82) is 0 Å². The summed E-state index contributed by atoms with van der Waals surface area (Å²) in [6.07, 6.45) is 2.25. The zero-order valence-electron chi connectivity index (χ0n) is 7.92. The molecule has 1 aromatic rings. The van der Waals surface area contributed by atoms with E-state index < -0.39 is 0 Å². The molecule has 14 heavy (non-hydrogen) atoms. The Kier molecular flexibility index (Phi) is 2.68. The number of aliphatic hydroxyl groups is 1. The average Bonchev–Trinajstić information content (AvgIpc) is 2.23. The van der Waals surface area contributed by atoms with E-state index in [9.17, 15) is 4.39 Å². The van der Waals surface area contributed by atoms with Gasteiger partial charge >= 0.3 is 0 Å². The quantitative estimate of drug-likeness (QED) is 0.779. The molecular weight excluding hydrogens is 183 g/mol. The molecule has 0 aliphatic carbocycles. The molecular formula is C11H13FO2. The highest BCUT2D eigenvalue weighted by atomic mass is 19.1. The second-order valence-electron chi connectivity index (χ2n) is 3.44. The predicted octanol–water partition coefficient (Wildman–Crippen LogP) is 1.69. The first kappa shape index (κ1) is 9.46. The number of rotatable bonds is 2. The molecule has 0 atom stereocenters. The molecule has 0 amide bonds. The normalized spacial score (nSPS) is 14.7. The fourth-order valence-corrected chi connectivity index (χ4v) is 1.81. The summed E-state index contributed by atoms with van der Waals surface area (Å²) < 4.78 is 18.8. The Bertz CT molecular complexity index is 336. The molecule has 1 aromatic carbocycles. The van der Waals surface area contributed by atoms with Crippen LogP contribution >= 0.6 is 0 Å². The van der Waals surface area contributed by atoms with Crippen molar-refractivity contribution in [2.75, 3.05) is 13.2 Å². The Balaban J connectivity index is 2.43. The van der Waals surface area contributed by atoms with Gasteiger partial charge in [0, 0.05) is 18.6 Å². The number of hydrogen-bond acceptors (Lipinski definition) is 2. The van der Waals surface area contributed by atoms with Crippen LogP contribution in [0.2, 0.25) is 0 Å². The van der Waals surface area contributed by atoms with Crippen molar-refractivity contribution < 1.29 is 14.2 Å². The third kappa shape index (κ3) is 1.60. The van der Waals surface area contributed by atoms with Crippen LogP contribution in [0.1, 0.15) is 17.5 Å². The second-order valence-corrected chi connectivity index (χ2v) is 3.44. The summed E-state index contributed by atoms with van der Waals surface area (Å²) in [6.45, 7) is 0.603. The summed E-state index contributed by atoms with van der Waals surface area (Å²) >= 11 is 0. The highest BCUT2D eigenvalue weighted by Gasteiger charge is 2.17. The first-order chi connectivity index (χ1) is 6.83. The highest BCUT2D eigenvalue weighted by Crippen LogP contribution is 2.31. The standard InChI is InChI=1S/C11H13FO2/c12-10-4-3-8-2-1-7-14-11(8)9(10)5-6-13/h3-4,13H,1-2,5-7H2. The average molecular weight is 196 g/mol. The van der Waals surface area contributed by atoms with Crippen LogP contribution in [0.25, 0.3) is 0 Å². The van der Waals surface area contributed by atoms with Crippen LogP contribution in [0.3, 0.4) is 0 Å². The molecule has 0 aromatic heterocycles. The van der Waals surface area contributed by atoms with Gasteiger partial charge in [-0.1, -0.05) is 6.07 Å². The van der Waals surface area contributed by atoms with Gasteiger partial charge in [0.1, 0.15) is 11.6 Å². The third-order valence-corrected chi connectivity index (χ3v) is 2.48. The first-order valence-corrected chi connectivity index (χ1v) is 4.87. The molecule has 0 fully saturated rings. The van der Waals surface area contributed by atoms with Gasteiger partial charge in [0.25, 0.3) is 0 Å². The Morgan fingerprint density at radius 1 is 1.43 bits per heavy atom. The fourth-order valence-electron chi connectivity index (χ4n) is 1.81. The van der Waals surface area contributed by atoms with Gasteiger partial charge < -0.3 is 9.84 Å². The molecule has 0 radical (unpaired) electrons. The van der Waals surface area contributed by atoms with E-state index in [0.29, 0.717) is 24.3 Å². The van der Waals surface area contributed by atoms with Crippen LogP contribution < -0.4 is 4.74 Å². The summed E-state index contributed by atoms with van der Waals surface area (Å²) in [4.78, 5) is 0. The first-order valence-electron chi connectivity index (χ1n) is 4.87. The maximum absolute atomic E-state index is 13.4. The van der Waals surface area contributed by atoms with E-state index in [4.69, 9.17) is 9.84 Å². The van der Waals surface area contributed by atoms with Crippen molar-refractivity contribution in [2.45, 2.75) is 19.3 Å². The predicted molar refractivity (Wildman–Crippen MR) is 51.0 cm³/mol. The monoisotopic (exact) mass is 196 g/mol. The van der Waals surface area contributed by atoms with Gasteiger partial charge in [-0.3, -0.25) is 0 Å². The topological polar surface area (TPSA) is 29.5 Å². The summed E-state index contributed by atoms with van der Waals surface area (Å²) in [5, 5.41) is 8.82. The Morgan fingerprint density at radius 3 is 3.07 bits per heavy atom. The molecule has 1 aliphatic rings. The lowest BCUT2D eigenvalue weighted by Gasteiger charge is -2.20. The van der Waals surface area contributed by atoms with E-state index in [2.05, 4.69) is 0 Å². The molecule has 3 heteroatoms. The number of aliphatic hydroxyl groups excluding tert-OH is 1. The maximum Gasteiger partial charge on any atom is 0.130 e. The number of aryl methyl sites for hydroxylation is 1. The van der Waals surface area contributed by atoms with Crippen molar-refractivity contribution in [1.82, 2.24) is 0 Å². The molecule has 1 heterocycles. The van der Waals surface area contributed by atoms with Gasteiger partial charge in [0.05, 0.1) is 6.61 Å². The summed E-state index contributed by atoms with van der Waals surface area (Å²) in [6, 6.07) is 3.23. The van der Waals surface area contributed by atoms with Gasteiger partial charge in [0.2, 0.25) is 0 Å². The number of benzene rings is 1. The second kappa shape index (κ2) is 3.96. The van der Waals surface area contributed by atoms with E-state index in [1.54, 1.807) is 6.07 Å². The SMILES string of the molecule is OCCc1c(F)ccc2c1OCCC2. The van der Waals surface area contributed by atoms with Crippen LogP contribution in [0, 0.1) is 5.82 Å². The molecule has 2 rings (SSSR count). The molecule has 0 unspecified atom stereocenters. The van der Waals surface area contributed by atoms with Crippen molar-refractivity contribution in [2.24, 2.45) is 0 Å². The van der Waals surface area contributed by atoms with Crippen molar-refractivity contribution in [3.05, 3.63) is 29.1 Å². The van der Waals surface area contributed by atoms with Crippen molar-refractivity contribution in [3.8, 4) is 5.75 Å². The zero-order chi connectivity index (χ0) is 9.97. The molecule has 1 aliphatic heterocycles. The molecule has 0 bridgehead atoms. The van der Waals surface area contributed by atoms with E-state index in [0.717, 1.165) is 18.4 Å². The highest BCUT2D eigenvalue weighted by molar-refractivity contribution is 5.43. The van der Waals surface area contributed by atoms with Crippen LogP contribution in [-0.2, 0) is 12.8 Å². The van der Waals surface area contributed by atoms with E-state index in [1.807, 2.05) is 0 Å². The lowest BCUT2D eigenvalue weighted by molar-refractivity contribution is 0.270. The van der Waals surface area contributed by atoms with Crippen LogP contribution in [0.5, 0.6) is 5.75 Å². The van der Waals surface area contributed by atoms with Gasteiger partial charge in [-0.15, -0.1) is 0 Å². The lowest BCUT2D eigenvalue weighted by Crippen LogP contribution is -2.12. The Morgan fingerprint density at radius 2 is 2.29 bits per heavy atom. The Hall–Kier alpha value is -1.09. The zero-order valence-corrected chi connectivity index (χ0v) is 7.92. The van der Waals surface area contributed by atoms with Crippen molar-refractivity contribution in [3.63, 3.8) is 0 Å². The third-order valence-electron chi connectivity index (χ3n) is 2.48. The van der Waals surface area contributed by atoms with Crippen LogP contribution in [-0.4, -0.2) is 18.3 Å². The number of ether oxygens (including phenoxy) is 1. The van der Waals surface area contributed by atoms with Crippen LogP contribution in [0.4, 0.5) is 4.39 Å². The van der Waals surface area contributed by atoms with E-state index in [-0.39, 0.29) is 12.4 Å². The van der Waals surface area contributed by atoms with Gasteiger partial charge in [-0.2, -0.15) is 0 Å². The molecule has 2 nitrogen and oxygen atoms in total. The Labute approximate surface area is 82.3 Å². The van der Waals surface area contributed by atoms with Gasteiger partial charge in [0.15, 0.2) is 0 Å². The molecule has 1 N–H and O–H groups in total. The van der Waals surface area contributed by atoms with E-state index in [1.165, 1.54) is 6.07 Å². The van der Waals surface area contributed by atoms with Gasteiger partial charge in [-0.25, -0.2) is 4.39 Å². The van der Waals surface area contributed by atoms with E-state index >= 15 is 0 Å². The summed E-state index contributed by atoms with van der Waals surface area (Å²) in [5.74, 6) is 0.380. The largest absolute Gasteiger partial charge is 0.493 e. The minimum absolute atomic E-state index is 0.0449. The van der Waals surface area contributed by atoms with Crippen molar-refractivity contribution >= 4 is 0 Å². The molecule has 0 saturated carbocycles. The smallest absolute Gasteiger partial charge is 0.130 e. The molecule has 76 valence electrons. The lowest BCUT2D eigenvalue weighted by atomic mass is 10.0.